The number of rotatable bonds is 3. The lowest BCUT2D eigenvalue weighted by Crippen LogP contribution is -2.48. The largest absolute Gasteiger partial charge is 0.366 e. The van der Waals surface area contributed by atoms with Gasteiger partial charge in [-0.15, -0.1) is 0 Å². The number of nitrogens with zero attached hydrogens (tertiary/aromatic N) is 2. The van der Waals surface area contributed by atoms with Crippen molar-refractivity contribution in [2.75, 3.05) is 31.1 Å². The Labute approximate surface area is 117 Å². The zero-order chi connectivity index (χ0) is 14.7. The molecule has 0 saturated carbocycles. The van der Waals surface area contributed by atoms with E-state index < -0.39 is 5.82 Å². The van der Waals surface area contributed by atoms with Gasteiger partial charge in [0.05, 0.1) is 5.69 Å². The summed E-state index contributed by atoms with van der Waals surface area (Å²) in [6.45, 7) is 7.08. The van der Waals surface area contributed by atoms with Crippen LogP contribution in [0, 0.1) is 5.82 Å². The molecule has 2 rings (SSSR count). The number of Topliss-reactive ketones (excluding diaryl/α,β-unsaturated/α-hetero) is 1. The van der Waals surface area contributed by atoms with Crippen molar-refractivity contribution in [3.63, 3.8) is 0 Å². The number of carbonyl (C=O) groups excluding carboxylic acids is 2. The predicted molar refractivity (Wildman–Crippen MR) is 75.4 cm³/mol. The van der Waals surface area contributed by atoms with Gasteiger partial charge in [-0.1, -0.05) is 6.58 Å². The summed E-state index contributed by atoms with van der Waals surface area (Å²) in [5, 5.41) is 0. The number of ketones is 1. The Morgan fingerprint density at radius 3 is 2.40 bits per heavy atom. The Kier molecular flexibility index (Phi) is 4.17. The number of benzene rings is 1. The van der Waals surface area contributed by atoms with E-state index in [1.165, 1.54) is 19.1 Å². The topological polar surface area (TPSA) is 40.6 Å². The lowest BCUT2D eigenvalue weighted by Gasteiger charge is -2.35. The van der Waals surface area contributed by atoms with E-state index in [1.807, 2.05) is 4.90 Å². The highest BCUT2D eigenvalue weighted by molar-refractivity contribution is 5.94. The van der Waals surface area contributed by atoms with E-state index in [0.29, 0.717) is 37.4 Å². The zero-order valence-corrected chi connectivity index (χ0v) is 11.4. The van der Waals surface area contributed by atoms with Gasteiger partial charge < -0.3 is 9.80 Å². The zero-order valence-electron chi connectivity index (χ0n) is 11.4. The SMILES string of the molecule is C=CC(=O)N1CCN(c2ccc(C(C)=O)cc2F)CC1. The second kappa shape index (κ2) is 5.86. The normalized spacial score (nSPS) is 15.1. The fourth-order valence-corrected chi connectivity index (χ4v) is 2.28. The molecule has 1 fully saturated rings. The van der Waals surface area contributed by atoms with Crippen molar-refractivity contribution in [3.8, 4) is 0 Å². The van der Waals surface area contributed by atoms with Crippen LogP contribution in [0.2, 0.25) is 0 Å². The number of halogens is 1. The van der Waals surface area contributed by atoms with Crippen LogP contribution < -0.4 is 4.90 Å². The fourth-order valence-electron chi connectivity index (χ4n) is 2.28. The molecule has 1 aromatic rings. The van der Waals surface area contributed by atoms with Crippen molar-refractivity contribution in [2.24, 2.45) is 0 Å². The smallest absolute Gasteiger partial charge is 0.246 e. The third kappa shape index (κ3) is 2.87. The highest BCUT2D eigenvalue weighted by Crippen LogP contribution is 2.22. The Balaban J connectivity index is 2.09. The van der Waals surface area contributed by atoms with Gasteiger partial charge in [0.1, 0.15) is 5.82 Å². The number of anilines is 1. The van der Waals surface area contributed by atoms with Gasteiger partial charge in [0.2, 0.25) is 5.91 Å². The van der Waals surface area contributed by atoms with Gasteiger partial charge in [-0.2, -0.15) is 0 Å². The third-order valence-corrected chi connectivity index (χ3v) is 3.46. The molecule has 0 aromatic heterocycles. The van der Waals surface area contributed by atoms with Crippen molar-refractivity contribution in [1.29, 1.82) is 0 Å². The molecule has 1 heterocycles. The van der Waals surface area contributed by atoms with E-state index in [9.17, 15) is 14.0 Å². The van der Waals surface area contributed by atoms with Crippen molar-refractivity contribution in [1.82, 2.24) is 4.90 Å². The lowest BCUT2D eigenvalue weighted by molar-refractivity contribution is -0.126. The van der Waals surface area contributed by atoms with E-state index in [4.69, 9.17) is 0 Å². The van der Waals surface area contributed by atoms with E-state index in [2.05, 4.69) is 6.58 Å². The fraction of sp³-hybridized carbons (Fsp3) is 0.333. The summed E-state index contributed by atoms with van der Waals surface area (Å²) < 4.78 is 14.0. The molecule has 4 nitrogen and oxygen atoms in total. The predicted octanol–water partition coefficient (Wildman–Crippen LogP) is 1.86. The summed E-state index contributed by atoms with van der Waals surface area (Å²) in [5.41, 5.74) is 0.840. The third-order valence-electron chi connectivity index (χ3n) is 3.46. The Morgan fingerprint density at radius 2 is 1.90 bits per heavy atom. The van der Waals surface area contributed by atoms with Gasteiger partial charge in [-0.3, -0.25) is 9.59 Å². The second-order valence-corrected chi connectivity index (χ2v) is 4.74. The number of amides is 1. The molecule has 1 aromatic carbocycles. The molecule has 5 heteroatoms. The van der Waals surface area contributed by atoms with Crippen LogP contribution in [-0.2, 0) is 4.79 Å². The molecule has 0 N–H and O–H groups in total. The van der Waals surface area contributed by atoms with Crippen LogP contribution in [0.25, 0.3) is 0 Å². The molecule has 1 aliphatic rings. The highest BCUT2D eigenvalue weighted by Gasteiger charge is 2.21. The minimum Gasteiger partial charge on any atom is -0.366 e. The monoisotopic (exact) mass is 276 g/mol. The van der Waals surface area contributed by atoms with E-state index in [1.54, 1.807) is 17.0 Å². The second-order valence-electron chi connectivity index (χ2n) is 4.74. The Morgan fingerprint density at radius 1 is 1.25 bits per heavy atom. The standard InChI is InChI=1S/C15H17FN2O2/c1-3-15(20)18-8-6-17(7-9-18)14-5-4-12(11(2)19)10-13(14)16/h3-5,10H,1,6-9H2,2H3. The first kappa shape index (κ1) is 14.2. The first-order valence-electron chi connectivity index (χ1n) is 6.49. The maximum Gasteiger partial charge on any atom is 0.246 e. The summed E-state index contributed by atoms with van der Waals surface area (Å²) in [6, 6.07) is 4.51. The molecule has 0 radical (unpaired) electrons. The van der Waals surface area contributed by atoms with Crippen LogP contribution in [0.15, 0.2) is 30.9 Å². The van der Waals surface area contributed by atoms with Crippen LogP contribution in [0.4, 0.5) is 10.1 Å². The number of piperazine rings is 1. The van der Waals surface area contributed by atoms with Gasteiger partial charge in [0.15, 0.2) is 5.78 Å². The van der Waals surface area contributed by atoms with Crippen LogP contribution in [0.3, 0.4) is 0 Å². The summed E-state index contributed by atoms with van der Waals surface area (Å²) in [6.07, 6.45) is 1.29. The van der Waals surface area contributed by atoms with Gasteiger partial charge in [0.25, 0.3) is 0 Å². The first-order chi connectivity index (χ1) is 9.52. The molecule has 106 valence electrons. The molecule has 1 saturated heterocycles. The molecule has 0 aliphatic carbocycles. The van der Waals surface area contributed by atoms with Crippen molar-refractivity contribution < 1.29 is 14.0 Å². The lowest BCUT2D eigenvalue weighted by atomic mass is 10.1. The summed E-state index contributed by atoms with van der Waals surface area (Å²) >= 11 is 0. The van der Waals surface area contributed by atoms with Crippen molar-refractivity contribution >= 4 is 17.4 Å². The minimum absolute atomic E-state index is 0.1000. The maximum absolute atomic E-state index is 14.0. The first-order valence-corrected chi connectivity index (χ1v) is 6.49. The van der Waals surface area contributed by atoms with Gasteiger partial charge in [0, 0.05) is 31.7 Å². The maximum atomic E-state index is 14.0. The van der Waals surface area contributed by atoms with E-state index in [-0.39, 0.29) is 11.7 Å². The quantitative estimate of drug-likeness (QED) is 0.625. The van der Waals surface area contributed by atoms with E-state index in [0.717, 1.165) is 0 Å². The van der Waals surface area contributed by atoms with Crippen LogP contribution in [0.1, 0.15) is 17.3 Å². The molecule has 0 bridgehead atoms. The number of hydrogen-bond donors (Lipinski definition) is 0. The van der Waals surface area contributed by atoms with Gasteiger partial charge in [-0.25, -0.2) is 4.39 Å². The Bertz CT molecular complexity index is 549. The molecule has 1 amide bonds. The molecule has 0 atom stereocenters. The number of hydrogen-bond acceptors (Lipinski definition) is 3. The van der Waals surface area contributed by atoms with Crippen LogP contribution in [0.5, 0.6) is 0 Å². The van der Waals surface area contributed by atoms with Crippen molar-refractivity contribution in [3.05, 3.63) is 42.2 Å². The molecule has 20 heavy (non-hydrogen) atoms. The Hall–Kier alpha value is -2.17. The van der Waals surface area contributed by atoms with Crippen LogP contribution >= 0.6 is 0 Å². The van der Waals surface area contributed by atoms with Crippen LogP contribution in [-0.4, -0.2) is 42.8 Å². The molecule has 1 aliphatic heterocycles. The summed E-state index contributed by atoms with van der Waals surface area (Å²) in [5.74, 6) is -0.657. The average Bonchev–Trinajstić information content (AvgIpc) is 2.46. The molecular formula is C15H17FN2O2. The van der Waals surface area contributed by atoms with E-state index >= 15 is 0 Å². The molecule has 0 unspecified atom stereocenters. The minimum atomic E-state index is -0.402. The van der Waals surface area contributed by atoms with Crippen molar-refractivity contribution in [2.45, 2.75) is 6.92 Å². The molecule has 0 spiro atoms. The van der Waals surface area contributed by atoms with Gasteiger partial charge >= 0.3 is 0 Å². The average molecular weight is 276 g/mol. The molecular weight excluding hydrogens is 259 g/mol. The number of carbonyl (C=O) groups is 2. The summed E-state index contributed by atoms with van der Waals surface area (Å²) in [4.78, 5) is 26.2. The van der Waals surface area contributed by atoms with Gasteiger partial charge in [-0.05, 0) is 31.2 Å². The summed E-state index contributed by atoms with van der Waals surface area (Å²) in [7, 11) is 0. The highest BCUT2D eigenvalue weighted by atomic mass is 19.1.